The SMILES string of the molecule is O=C(COc1ccc(/C=N\NC(=O)C(=O)NC[C@@H]2CCCO2)cc1)NCc1ccccc1. The number of carbonyl (C=O) groups excluding carboxylic acids is 3. The van der Waals surface area contributed by atoms with Gasteiger partial charge in [0.15, 0.2) is 6.61 Å². The summed E-state index contributed by atoms with van der Waals surface area (Å²) in [6.07, 6.45) is 3.20. The fourth-order valence-electron chi connectivity index (χ4n) is 2.95. The summed E-state index contributed by atoms with van der Waals surface area (Å²) >= 11 is 0. The van der Waals surface area contributed by atoms with E-state index in [1.165, 1.54) is 6.21 Å². The van der Waals surface area contributed by atoms with Gasteiger partial charge in [0.25, 0.3) is 5.91 Å². The molecule has 0 saturated carbocycles. The predicted octanol–water partition coefficient (Wildman–Crippen LogP) is 1.13. The van der Waals surface area contributed by atoms with Crippen molar-refractivity contribution in [2.45, 2.75) is 25.5 Å². The molecule has 3 amide bonds. The number of hydrogen-bond donors (Lipinski definition) is 3. The molecular weight excluding hydrogens is 412 g/mol. The van der Waals surface area contributed by atoms with Crippen molar-refractivity contribution in [1.29, 1.82) is 0 Å². The molecule has 2 aromatic carbocycles. The van der Waals surface area contributed by atoms with E-state index in [9.17, 15) is 14.4 Å². The molecule has 1 saturated heterocycles. The Hall–Kier alpha value is -3.72. The second-order valence-electron chi connectivity index (χ2n) is 7.16. The van der Waals surface area contributed by atoms with Gasteiger partial charge in [-0.25, -0.2) is 5.43 Å². The molecule has 1 aliphatic heterocycles. The van der Waals surface area contributed by atoms with Crippen LogP contribution in [0.4, 0.5) is 0 Å². The zero-order chi connectivity index (χ0) is 22.6. The van der Waals surface area contributed by atoms with Crippen LogP contribution in [0.1, 0.15) is 24.0 Å². The summed E-state index contributed by atoms with van der Waals surface area (Å²) in [6, 6.07) is 16.4. The third-order valence-corrected chi connectivity index (χ3v) is 4.68. The van der Waals surface area contributed by atoms with Crippen molar-refractivity contribution in [2.24, 2.45) is 5.10 Å². The Morgan fingerprint density at radius 2 is 1.81 bits per heavy atom. The molecule has 1 fully saturated rings. The lowest BCUT2D eigenvalue weighted by Gasteiger charge is -2.09. The highest BCUT2D eigenvalue weighted by Crippen LogP contribution is 2.11. The maximum atomic E-state index is 11.9. The van der Waals surface area contributed by atoms with E-state index >= 15 is 0 Å². The van der Waals surface area contributed by atoms with Gasteiger partial charge in [0.05, 0.1) is 12.3 Å². The molecule has 9 nitrogen and oxygen atoms in total. The number of nitrogens with one attached hydrogen (secondary N) is 3. The molecule has 168 valence electrons. The van der Waals surface area contributed by atoms with Gasteiger partial charge in [-0.2, -0.15) is 5.10 Å². The number of carbonyl (C=O) groups is 3. The van der Waals surface area contributed by atoms with Crippen LogP contribution in [0.5, 0.6) is 5.75 Å². The van der Waals surface area contributed by atoms with Crippen LogP contribution in [-0.4, -0.2) is 49.8 Å². The van der Waals surface area contributed by atoms with Crippen molar-refractivity contribution in [1.82, 2.24) is 16.1 Å². The Morgan fingerprint density at radius 3 is 2.53 bits per heavy atom. The summed E-state index contributed by atoms with van der Waals surface area (Å²) in [5.74, 6) is -1.30. The molecule has 1 aliphatic rings. The van der Waals surface area contributed by atoms with Crippen LogP contribution in [-0.2, 0) is 25.7 Å². The third kappa shape index (κ3) is 7.84. The van der Waals surface area contributed by atoms with Gasteiger partial charge in [-0.1, -0.05) is 30.3 Å². The minimum absolute atomic E-state index is 0.0362. The first kappa shape index (κ1) is 23.0. The monoisotopic (exact) mass is 438 g/mol. The topological polar surface area (TPSA) is 118 Å². The minimum Gasteiger partial charge on any atom is -0.484 e. The Kier molecular flexibility index (Phi) is 8.76. The molecule has 9 heteroatoms. The van der Waals surface area contributed by atoms with Crippen molar-refractivity contribution < 1.29 is 23.9 Å². The lowest BCUT2D eigenvalue weighted by Crippen LogP contribution is -2.41. The Labute approximate surface area is 186 Å². The van der Waals surface area contributed by atoms with E-state index in [4.69, 9.17) is 9.47 Å². The van der Waals surface area contributed by atoms with Crippen LogP contribution in [0.15, 0.2) is 59.7 Å². The summed E-state index contributed by atoms with van der Waals surface area (Å²) in [4.78, 5) is 35.4. The molecule has 0 aliphatic carbocycles. The standard InChI is InChI=1S/C23H26N4O5/c28-21(24-13-17-5-2-1-3-6-17)16-32-19-10-8-18(9-11-19)14-26-27-23(30)22(29)25-15-20-7-4-12-31-20/h1-3,5-6,8-11,14,20H,4,7,12-13,15-16H2,(H,24,28)(H,25,29)(H,27,30)/b26-14-/t20-/m0/s1. The highest BCUT2D eigenvalue weighted by Gasteiger charge is 2.18. The molecule has 0 unspecified atom stereocenters. The van der Waals surface area contributed by atoms with Crippen molar-refractivity contribution in [3.05, 3.63) is 65.7 Å². The Balaban J connectivity index is 1.34. The van der Waals surface area contributed by atoms with Gasteiger partial charge in [0, 0.05) is 19.7 Å². The first-order valence-corrected chi connectivity index (χ1v) is 10.4. The molecule has 32 heavy (non-hydrogen) atoms. The molecular formula is C23H26N4O5. The second-order valence-corrected chi connectivity index (χ2v) is 7.16. The van der Waals surface area contributed by atoms with Crippen LogP contribution in [0, 0.1) is 0 Å². The van der Waals surface area contributed by atoms with Crippen LogP contribution < -0.4 is 20.8 Å². The smallest absolute Gasteiger partial charge is 0.329 e. The van der Waals surface area contributed by atoms with Gasteiger partial charge >= 0.3 is 11.8 Å². The quantitative estimate of drug-likeness (QED) is 0.308. The largest absolute Gasteiger partial charge is 0.484 e. The Morgan fingerprint density at radius 1 is 1.03 bits per heavy atom. The summed E-state index contributed by atoms with van der Waals surface area (Å²) in [6.45, 7) is 1.33. The van der Waals surface area contributed by atoms with Crippen LogP contribution in [0.2, 0.25) is 0 Å². The number of hydrogen-bond acceptors (Lipinski definition) is 6. The van der Waals surface area contributed by atoms with Gasteiger partial charge in [-0.15, -0.1) is 0 Å². The van der Waals surface area contributed by atoms with Gasteiger partial charge in [-0.3, -0.25) is 14.4 Å². The summed E-state index contributed by atoms with van der Waals surface area (Å²) in [7, 11) is 0. The van der Waals surface area contributed by atoms with Gasteiger partial charge in [0.2, 0.25) is 0 Å². The molecule has 3 N–H and O–H groups in total. The molecule has 1 atom stereocenters. The lowest BCUT2D eigenvalue weighted by molar-refractivity contribution is -0.139. The highest BCUT2D eigenvalue weighted by atomic mass is 16.5. The van der Waals surface area contributed by atoms with E-state index in [1.807, 2.05) is 30.3 Å². The number of ether oxygens (including phenoxy) is 2. The molecule has 0 radical (unpaired) electrons. The first-order chi connectivity index (χ1) is 15.6. The second kappa shape index (κ2) is 12.2. The van der Waals surface area contributed by atoms with Gasteiger partial charge in [-0.05, 0) is 48.2 Å². The number of nitrogens with zero attached hydrogens (tertiary/aromatic N) is 1. The predicted molar refractivity (Wildman–Crippen MR) is 118 cm³/mol. The van der Waals surface area contributed by atoms with Crippen LogP contribution in [0.25, 0.3) is 0 Å². The first-order valence-electron chi connectivity index (χ1n) is 10.4. The number of benzene rings is 2. The van der Waals surface area contributed by atoms with E-state index in [-0.39, 0.29) is 18.6 Å². The van der Waals surface area contributed by atoms with Crippen molar-refractivity contribution in [2.75, 3.05) is 19.8 Å². The summed E-state index contributed by atoms with van der Waals surface area (Å²) < 4.78 is 10.8. The number of rotatable bonds is 9. The van der Waals surface area contributed by atoms with Crippen LogP contribution >= 0.6 is 0 Å². The maximum absolute atomic E-state index is 11.9. The third-order valence-electron chi connectivity index (χ3n) is 4.68. The molecule has 0 bridgehead atoms. The zero-order valence-electron chi connectivity index (χ0n) is 17.6. The van der Waals surface area contributed by atoms with Gasteiger partial charge in [0.1, 0.15) is 5.75 Å². The fourth-order valence-corrected chi connectivity index (χ4v) is 2.95. The van der Waals surface area contributed by atoms with E-state index in [0.717, 1.165) is 18.4 Å². The van der Waals surface area contributed by atoms with Crippen molar-refractivity contribution in [3.63, 3.8) is 0 Å². The molecule has 3 rings (SSSR count). The maximum Gasteiger partial charge on any atom is 0.329 e. The van der Waals surface area contributed by atoms with E-state index in [1.54, 1.807) is 24.3 Å². The van der Waals surface area contributed by atoms with Crippen molar-refractivity contribution >= 4 is 23.9 Å². The lowest BCUT2D eigenvalue weighted by atomic mass is 10.2. The molecule has 0 spiro atoms. The minimum atomic E-state index is -0.847. The van der Waals surface area contributed by atoms with E-state index in [2.05, 4.69) is 21.2 Å². The highest BCUT2D eigenvalue weighted by molar-refractivity contribution is 6.35. The van der Waals surface area contributed by atoms with Gasteiger partial charge < -0.3 is 20.1 Å². The number of hydrazone groups is 1. The number of amides is 3. The van der Waals surface area contributed by atoms with Crippen molar-refractivity contribution in [3.8, 4) is 5.75 Å². The average molecular weight is 438 g/mol. The molecule has 2 aromatic rings. The Bertz CT molecular complexity index is 925. The fraction of sp³-hybridized carbons (Fsp3) is 0.304. The summed E-state index contributed by atoms with van der Waals surface area (Å²) in [5, 5.41) is 9.09. The van der Waals surface area contributed by atoms with E-state index in [0.29, 0.717) is 31.0 Å². The summed E-state index contributed by atoms with van der Waals surface area (Å²) in [5.41, 5.74) is 3.88. The molecule has 0 aromatic heterocycles. The zero-order valence-corrected chi connectivity index (χ0v) is 17.6. The molecule has 1 heterocycles. The van der Waals surface area contributed by atoms with Crippen LogP contribution in [0.3, 0.4) is 0 Å². The average Bonchev–Trinajstić information content (AvgIpc) is 3.35. The normalized spacial score (nSPS) is 15.3. The van der Waals surface area contributed by atoms with E-state index < -0.39 is 11.8 Å².